The van der Waals surface area contributed by atoms with Crippen molar-refractivity contribution in [2.75, 3.05) is 18.5 Å². The molecule has 2 N–H and O–H groups in total. The molecule has 0 aromatic heterocycles. The van der Waals surface area contributed by atoms with E-state index < -0.39 is 0 Å². The molecule has 0 saturated carbocycles. The Morgan fingerprint density at radius 1 is 0.963 bits per heavy atom. The van der Waals surface area contributed by atoms with Gasteiger partial charge in [0.25, 0.3) is 5.91 Å². The summed E-state index contributed by atoms with van der Waals surface area (Å²) in [5.74, 6) is 1.05. The van der Waals surface area contributed by atoms with E-state index in [4.69, 9.17) is 21.7 Å². The Kier molecular flexibility index (Phi) is 8.58. The molecule has 2 rings (SSSR count). The Morgan fingerprint density at radius 3 is 2.41 bits per heavy atom. The number of amides is 1. The number of thiocarbonyl (C=S) groups is 1. The van der Waals surface area contributed by atoms with E-state index in [-0.39, 0.29) is 11.0 Å². The molecule has 0 aliphatic carbocycles. The summed E-state index contributed by atoms with van der Waals surface area (Å²) in [5.41, 5.74) is 1.23. The molecule has 0 saturated heterocycles. The maximum Gasteiger partial charge on any atom is 0.261 e. The number of para-hydroxylation sites is 1. The van der Waals surface area contributed by atoms with Gasteiger partial charge in [0.05, 0.1) is 18.8 Å². The number of carbonyl (C=O) groups excluding carboxylic acids is 1. The van der Waals surface area contributed by atoms with Crippen LogP contribution in [0.25, 0.3) is 0 Å². The minimum absolute atomic E-state index is 0.227. The van der Waals surface area contributed by atoms with Crippen LogP contribution >= 0.6 is 12.2 Å². The molecule has 0 bridgehead atoms. The fourth-order valence-corrected chi connectivity index (χ4v) is 2.50. The van der Waals surface area contributed by atoms with Crippen LogP contribution in [0.2, 0.25) is 0 Å². The maximum absolute atomic E-state index is 12.5. The SMILES string of the molecule is CCCCOc1ccc(NC(=S)NC(=O)c2ccccc2OCCC)cc1. The van der Waals surface area contributed by atoms with Crippen LogP contribution in [0.3, 0.4) is 0 Å². The highest BCUT2D eigenvalue weighted by atomic mass is 32.1. The van der Waals surface area contributed by atoms with Gasteiger partial charge >= 0.3 is 0 Å². The van der Waals surface area contributed by atoms with Crippen molar-refractivity contribution in [2.24, 2.45) is 0 Å². The van der Waals surface area contributed by atoms with Crippen molar-refractivity contribution in [3.05, 3.63) is 54.1 Å². The second kappa shape index (κ2) is 11.2. The van der Waals surface area contributed by atoms with Crippen LogP contribution in [0.15, 0.2) is 48.5 Å². The molecule has 5 nitrogen and oxygen atoms in total. The van der Waals surface area contributed by atoms with Crippen LogP contribution < -0.4 is 20.1 Å². The number of rotatable bonds is 9. The number of benzene rings is 2. The summed E-state index contributed by atoms with van der Waals surface area (Å²) in [7, 11) is 0. The molecule has 1 amide bonds. The smallest absolute Gasteiger partial charge is 0.261 e. The van der Waals surface area contributed by atoms with Crippen LogP contribution in [-0.2, 0) is 0 Å². The summed E-state index contributed by atoms with van der Waals surface area (Å²) in [6.45, 7) is 5.40. The Balaban J connectivity index is 1.91. The van der Waals surface area contributed by atoms with Gasteiger partial charge in [-0.05, 0) is 61.5 Å². The fraction of sp³-hybridized carbons (Fsp3) is 0.333. The lowest BCUT2D eigenvalue weighted by atomic mass is 10.2. The van der Waals surface area contributed by atoms with Gasteiger partial charge in [0.1, 0.15) is 11.5 Å². The van der Waals surface area contributed by atoms with E-state index in [0.717, 1.165) is 30.7 Å². The number of nitrogens with one attached hydrogen (secondary N) is 2. The van der Waals surface area contributed by atoms with Crippen molar-refractivity contribution >= 4 is 28.9 Å². The number of unbranched alkanes of at least 4 members (excludes halogenated alkanes) is 1. The molecule has 0 atom stereocenters. The van der Waals surface area contributed by atoms with Gasteiger partial charge in [-0.25, -0.2) is 0 Å². The van der Waals surface area contributed by atoms with Crippen molar-refractivity contribution in [1.29, 1.82) is 0 Å². The van der Waals surface area contributed by atoms with Gasteiger partial charge in [-0.1, -0.05) is 32.4 Å². The zero-order chi connectivity index (χ0) is 19.5. The topological polar surface area (TPSA) is 59.6 Å². The maximum atomic E-state index is 12.5. The van der Waals surface area contributed by atoms with Crippen molar-refractivity contribution in [3.8, 4) is 11.5 Å². The number of ether oxygens (including phenoxy) is 2. The summed E-state index contributed by atoms with van der Waals surface area (Å²) in [6, 6.07) is 14.6. The van der Waals surface area contributed by atoms with Crippen molar-refractivity contribution < 1.29 is 14.3 Å². The largest absolute Gasteiger partial charge is 0.494 e. The first-order chi connectivity index (χ1) is 13.1. The van der Waals surface area contributed by atoms with Crippen molar-refractivity contribution in [3.63, 3.8) is 0 Å². The first-order valence-corrected chi connectivity index (χ1v) is 9.62. The van der Waals surface area contributed by atoms with Crippen LogP contribution in [0.4, 0.5) is 5.69 Å². The van der Waals surface area contributed by atoms with E-state index in [9.17, 15) is 4.79 Å². The zero-order valence-electron chi connectivity index (χ0n) is 15.8. The summed E-state index contributed by atoms with van der Waals surface area (Å²) in [5, 5.41) is 5.92. The molecule has 0 spiro atoms. The van der Waals surface area contributed by atoms with E-state index in [1.54, 1.807) is 18.2 Å². The first-order valence-electron chi connectivity index (χ1n) is 9.21. The molecular formula is C21H26N2O3S. The lowest BCUT2D eigenvalue weighted by Crippen LogP contribution is -2.34. The summed E-state index contributed by atoms with van der Waals surface area (Å²) in [6.07, 6.45) is 2.99. The number of carbonyl (C=O) groups is 1. The van der Waals surface area contributed by atoms with Gasteiger partial charge in [0.15, 0.2) is 5.11 Å². The average molecular weight is 387 g/mol. The predicted octanol–water partition coefficient (Wildman–Crippen LogP) is 4.78. The Morgan fingerprint density at radius 2 is 1.70 bits per heavy atom. The predicted molar refractivity (Wildman–Crippen MR) is 113 cm³/mol. The summed E-state index contributed by atoms with van der Waals surface area (Å²) >= 11 is 5.25. The standard InChI is InChI=1S/C21H26N2O3S/c1-3-5-15-25-17-12-10-16(11-13-17)22-21(27)23-20(24)18-8-6-7-9-19(18)26-14-4-2/h6-13H,3-5,14-15H2,1-2H3,(H2,22,23,24,27). The van der Waals surface area contributed by atoms with Gasteiger partial charge in [-0.2, -0.15) is 0 Å². The number of hydrogen-bond acceptors (Lipinski definition) is 4. The number of hydrogen-bond donors (Lipinski definition) is 2. The fourth-order valence-electron chi connectivity index (χ4n) is 2.29. The van der Waals surface area contributed by atoms with Crippen LogP contribution in [0.5, 0.6) is 11.5 Å². The van der Waals surface area contributed by atoms with Gasteiger partial charge < -0.3 is 14.8 Å². The lowest BCUT2D eigenvalue weighted by Gasteiger charge is -2.13. The van der Waals surface area contributed by atoms with Gasteiger partial charge in [-0.3, -0.25) is 10.1 Å². The zero-order valence-corrected chi connectivity index (χ0v) is 16.6. The highest BCUT2D eigenvalue weighted by Crippen LogP contribution is 2.19. The van der Waals surface area contributed by atoms with Gasteiger partial charge in [-0.15, -0.1) is 0 Å². The van der Waals surface area contributed by atoms with Crippen molar-refractivity contribution in [1.82, 2.24) is 5.32 Å². The van der Waals surface area contributed by atoms with Crippen LogP contribution in [0.1, 0.15) is 43.5 Å². The molecule has 6 heteroatoms. The van der Waals surface area contributed by atoms with Crippen LogP contribution in [0, 0.1) is 0 Å². The monoisotopic (exact) mass is 386 g/mol. The highest BCUT2D eigenvalue weighted by molar-refractivity contribution is 7.80. The minimum atomic E-state index is -0.307. The molecule has 27 heavy (non-hydrogen) atoms. The molecular weight excluding hydrogens is 360 g/mol. The van der Waals surface area contributed by atoms with E-state index in [1.807, 2.05) is 37.3 Å². The second-order valence-corrected chi connectivity index (χ2v) is 6.39. The van der Waals surface area contributed by atoms with Gasteiger partial charge in [0.2, 0.25) is 0 Å². The molecule has 0 fully saturated rings. The second-order valence-electron chi connectivity index (χ2n) is 5.98. The number of anilines is 1. The van der Waals surface area contributed by atoms with E-state index in [0.29, 0.717) is 24.5 Å². The molecule has 2 aromatic rings. The molecule has 2 aromatic carbocycles. The lowest BCUT2D eigenvalue weighted by molar-refractivity contribution is 0.0973. The first kappa shape index (κ1) is 20.7. The summed E-state index contributed by atoms with van der Waals surface area (Å²) < 4.78 is 11.3. The highest BCUT2D eigenvalue weighted by Gasteiger charge is 2.13. The van der Waals surface area contributed by atoms with E-state index >= 15 is 0 Å². The average Bonchev–Trinajstić information content (AvgIpc) is 2.68. The Hall–Kier alpha value is -2.60. The van der Waals surface area contributed by atoms with Crippen LogP contribution in [-0.4, -0.2) is 24.2 Å². The third kappa shape index (κ3) is 6.90. The molecule has 0 aliphatic rings. The normalized spacial score (nSPS) is 10.1. The third-order valence-electron chi connectivity index (χ3n) is 3.70. The molecule has 0 aliphatic heterocycles. The Labute approximate surface area is 166 Å². The molecule has 0 unspecified atom stereocenters. The van der Waals surface area contributed by atoms with Gasteiger partial charge in [0, 0.05) is 5.69 Å². The quantitative estimate of drug-likeness (QED) is 0.480. The molecule has 0 radical (unpaired) electrons. The summed E-state index contributed by atoms with van der Waals surface area (Å²) in [4.78, 5) is 12.5. The Bertz CT molecular complexity index is 747. The van der Waals surface area contributed by atoms with E-state index in [1.165, 1.54) is 0 Å². The molecule has 0 heterocycles. The van der Waals surface area contributed by atoms with E-state index in [2.05, 4.69) is 17.6 Å². The molecule has 144 valence electrons. The van der Waals surface area contributed by atoms with Crippen molar-refractivity contribution in [2.45, 2.75) is 33.1 Å². The third-order valence-corrected chi connectivity index (χ3v) is 3.90. The minimum Gasteiger partial charge on any atom is -0.494 e.